The number of nitrogens with one attached hydrogen (secondary N) is 1. The van der Waals surface area contributed by atoms with Gasteiger partial charge in [-0.15, -0.1) is 0 Å². The van der Waals surface area contributed by atoms with Crippen LogP contribution in [0.4, 0.5) is 5.69 Å². The highest BCUT2D eigenvalue weighted by atomic mass is 79.9. The quantitative estimate of drug-likeness (QED) is 0.798. The first-order chi connectivity index (χ1) is 12.1. The molecule has 0 aliphatic carbocycles. The van der Waals surface area contributed by atoms with Crippen LogP contribution in [-0.4, -0.2) is 29.8 Å². The molecule has 0 aromatic heterocycles. The predicted molar refractivity (Wildman–Crippen MR) is 103 cm³/mol. The number of fused-ring (bicyclic) bond motifs is 1. The van der Waals surface area contributed by atoms with Crippen LogP contribution in [0.15, 0.2) is 59.6 Å². The first-order valence-electron chi connectivity index (χ1n) is 8.17. The Kier molecular flexibility index (Phi) is 5.34. The number of carbonyl (C=O) groups excluding carboxylic acids is 2. The zero-order valence-corrected chi connectivity index (χ0v) is 15.4. The number of amides is 2. The van der Waals surface area contributed by atoms with Gasteiger partial charge in [-0.2, -0.15) is 0 Å². The molecule has 2 aromatic carbocycles. The fourth-order valence-corrected chi connectivity index (χ4v) is 3.41. The molecule has 1 N–H and O–H groups in total. The van der Waals surface area contributed by atoms with Crippen LogP contribution in [0, 0.1) is 0 Å². The molecule has 25 heavy (non-hydrogen) atoms. The topological polar surface area (TPSA) is 49.4 Å². The largest absolute Gasteiger partial charge is 0.338 e. The maximum Gasteiger partial charge on any atom is 0.253 e. The molecule has 0 bridgehead atoms. The zero-order chi connectivity index (χ0) is 17.8. The molecule has 5 heteroatoms. The Hall–Kier alpha value is -2.40. The molecule has 0 saturated heterocycles. The summed E-state index contributed by atoms with van der Waals surface area (Å²) in [5.74, 6) is -0.304. The molecule has 128 valence electrons. The number of carbonyl (C=O) groups is 2. The maximum atomic E-state index is 12.9. The lowest BCUT2D eigenvalue weighted by Crippen LogP contribution is -2.33. The highest BCUT2D eigenvalue weighted by Crippen LogP contribution is 2.22. The Balaban J connectivity index is 1.74. The zero-order valence-electron chi connectivity index (χ0n) is 13.8. The molecule has 2 amide bonds. The summed E-state index contributed by atoms with van der Waals surface area (Å²) in [5, 5.41) is 2.69. The van der Waals surface area contributed by atoms with E-state index in [1.807, 2.05) is 11.0 Å². The Morgan fingerprint density at radius 1 is 1.08 bits per heavy atom. The second-order valence-electron chi connectivity index (χ2n) is 5.98. The summed E-state index contributed by atoms with van der Waals surface area (Å²) >= 11 is 3.51. The van der Waals surface area contributed by atoms with E-state index in [4.69, 9.17) is 0 Å². The van der Waals surface area contributed by atoms with E-state index in [1.165, 1.54) is 17.2 Å². The predicted octanol–water partition coefficient (Wildman–Crippen LogP) is 3.81. The van der Waals surface area contributed by atoms with Crippen molar-refractivity contribution in [2.45, 2.75) is 12.8 Å². The number of anilines is 1. The standard InChI is InChI=1S/C20H19BrN2O2/c1-2-19(24)22-18-5-3-4-16(13-18)20(25)23-10-8-14-6-7-17(21)12-15(14)9-11-23/h2-7,12-13H,1,8-11H2,(H,22,24). The third kappa shape index (κ3) is 4.17. The number of rotatable bonds is 3. The van der Waals surface area contributed by atoms with Gasteiger partial charge in [-0.05, 0) is 60.4 Å². The minimum atomic E-state index is -0.291. The number of nitrogens with zero attached hydrogens (tertiary/aromatic N) is 1. The number of hydrogen-bond donors (Lipinski definition) is 1. The minimum absolute atomic E-state index is 0.0124. The van der Waals surface area contributed by atoms with Crippen molar-refractivity contribution in [3.05, 3.63) is 76.3 Å². The molecule has 0 radical (unpaired) electrons. The van der Waals surface area contributed by atoms with Gasteiger partial charge >= 0.3 is 0 Å². The van der Waals surface area contributed by atoms with Crippen LogP contribution < -0.4 is 5.32 Å². The van der Waals surface area contributed by atoms with E-state index in [1.54, 1.807) is 24.3 Å². The van der Waals surface area contributed by atoms with Gasteiger partial charge in [0.15, 0.2) is 0 Å². The molecular weight excluding hydrogens is 380 g/mol. The van der Waals surface area contributed by atoms with E-state index in [2.05, 4.69) is 40.0 Å². The van der Waals surface area contributed by atoms with Gasteiger partial charge in [0.2, 0.25) is 5.91 Å². The summed E-state index contributed by atoms with van der Waals surface area (Å²) in [4.78, 5) is 26.2. The molecule has 0 spiro atoms. The summed E-state index contributed by atoms with van der Waals surface area (Å²) < 4.78 is 1.07. The van der Waals surface area contributed by atoms with Gasteiger partial charge in [0.25, 0.3) is 5.91 Å². The summed E-state index contributed by atoms with van der Waals surface area (Å²) in [6.07, 6.45) is 2.90. The van der Waals surface area contributed by atoms with Crippen molar-refractivity contribution in [1.82, 2.24) is 4.90 Å². The van der Waals surface area contributed by atoms with Crippen molar-refractivity contribution >= 4 is 33.4 Å². The summed E-state index contributed by atoms with van der Waals surface area (Å²) in [6, 6.07) is 13.3. The third-order valence-corrected chi connectivity index (χ3v) is 4.81. The van der Waals surface area contributed by atoms with Gasteiger partial charge in [0.1, 0.15) is 0 Å². The molecule has 1 heterocycles. The smallest absolute Gasteiger partial charge is 0.253 e. The van der Waals surface area contributed by atoms with Gasteiger partial charge < -0.3 is 10.2 Å². The van der Waals surface area contributed by atoms with Crippen molar-refractivity contribution in [1.29, 1.82) is 0 Å². The van der Waals surface area contributed by atoms with E-state index in [9.17, 15) is 9.59 Å². The minimum Gasteiger partial charge on any atom is -0.338 e. The Labute approximate surface area is 155 Å². The Morgan fingerprint density at radius 3 is 2.60 bits per heavy atom. The van der Waals surface area contributed by atoms with Crippen molar-refractivity contribution in [3.8, 4) is 0 Å². The SMILES string of the molecule is C=CC(=O)Nc1cccc(C(=O)N2CCc3ccc(Br)cc3CC2)c1. The van der Waals surface area contributed by atoms with Crippen LogP contribution in [0.5, 0.6) is 0 Å². The molecule has 2 aromatic rings. The second kappa shape index (κ2) is 7.66. The molecule has 0 atom stereocenters. The van der Waals surface area contributed by atoms with Crippen LogP contribution in [0.1, 0.15) is 21.5 Å². The van der Waals surface area contributed by atoms with Gasteiger partial charge in [-0.3, -0.25) is 9.59 Å². The van der Waals surface area contributed by atoms with Crippen LogP contribution in [0.25, 0.3) is 0 Å². The average molecular weight is 399 g/mol. The van der Waals surface area contributed by atoms with Gasteiger partial charge in [-0.1, -0.05) is 34.6 Å². The molecule has 0 saturated carbocycles. The van der Waals surface area contributed by atoms with E-state index in [-0.39, 0.29) is 11.8 Å². The van der Waals surface area contributed by atoms with Crippen LogP contribution in [0.3, 0.4) is 0 Å². The Morgan fingerprint density at radius 2 is 1.84 bits per heavy atom. The number of halogens is 1. The van der Waals surface area contributed by atoms with E-state index in [0.717, 1.165) is 17.3 Å². The van der Waals surface area contributed by atoms with Crippen molar-refractivity contribution < 1.29 is 9.59 Å². The van der Waals surface area contributed by atoms with E-state index in [0.29, 0.717) is 24.3 Å². The molecule has 0 fully saturated rings. The Bertz CT molecular complexity index is 832. The monoisotopic (exact) mass is 398 g/mol. The fourth-order valence-electron chi connectivity index (χ4n) is 3.00. The normalized spacial score (nSPS) is 13.6. The summed E-state index contributed by atoms with van der Waals surface area (Å²) in [7, 11) is 0. The van der Waals surface area contributed by atoms with Crippen molar-refractivity contribution in [2.75, 3.05) is 18.4 Å². The molecule has 1 aliphatic rings. The first-order valence-corrected chi connectivity index (χ1v) is 8.96. The maximum absolute atomic E-state index is 12.9. The summed E-state index contributed by atoms with van der Waals surface area (Å²) in [6.45, 7) is 4.81. The lowest BCUT2D eigenvalue weighted by Gasteiger charge is -2.20. The van der Waals surface area contributed by atoms with Gasteiger partial charge in [-0.25, -0.2) is 0 Å². The highest BCUT2D eigenvalue weighted by molar-refractivity contribution is 9.10. The van der Waals surface area contributed by atoms with Crippen molar-refractivity contribution in [3.63, 3.8) is 0 Å². The molecule has 1 aliphatic heterocycles. The van der Waals surface area contributed by atoms with Gasteiger partial charge in [0.05, 0.1) is 0 Å². The molecule has 0 unspecified atom stereocenters. The fraction of sp³-hybridized carbons (Fsp3) is 0.200. The van der Waals surface area contributed by atoms with Crippen LogP contribution in [0.2, 0.25) is 0 Å². The lowest BCUT2D eigenvalue weighted by atomic mass is 10.0. The third-order valence-electron chi connectivity index (χ3n) is 4.32. The van der Waals surface area contributed by atoms with Crippen LogP contribution >= 0.6 is 15.9 Å². The first kappa shape index (κ1) is 17.4. The molecule has 3 rings (SSSR count). The lowest BCUT2D eigenvalue weighted by molar-refractivity contribution is -0.111. The number of benzene rings is 2. The van der Waals surface area contributed by atoms with E-state index >= 15 is 0 Å². The number of hydrogen-bond acceptors (Lipinski definition) is 2. The summed E-state index contributed by atoms with van der Waals surface area (Å²) in [5.41, 5.74) is 3.76. The highest BCUT2D eigenvalue weighted by Gasteiger charge is 2.20. The average Bonchev–Trinajstić information content (AvgIpc) is 2.83. The molecule has 4 nitrogen and oxygen atoms in total. The van der Waals surface area contributed by atoms with Crippen LogP contribution in [-0.2, 0) is 17.6 Å². The van der Waals surface area contributed by atoms with Gasteiger partial charge in [0, 0.05) is 28.8 Å². The molecular formula is C20H19BrN2O2. The second-order valence-corrected chi connectivity index (χ2v) is 6.90. The van der Waals surface area contributed by atoms with Crippen molar-refractivity contribution in [2.24, 2.45) is 0 Å². The van der Waals surface area contributed by atoms with E-state index < -0.39 is 0 Å².